The molecule has 6 aromatic carbocycles. The molecule has 0 saturated carbocycles. The zero-order valence-electron chi connectivity index (χ0n) is 22.0. The van der Waals surface area contributed by atoms with Crippen molar-refractivity contribution in [1.82, 2.24) is 0 Å². The highest BCUT2D eigenvalue weighted by atomic mass is 32.1. The molecule has 0 unspecified atom stereocenters. The molecule has 0 N–H and O–H groups in total. The summed E-state index contributed by atoms with van der Waals surface area (Å²) in [6.45, 7) is 0. The molecular weight excluding hydrogens is 516 g/mol. The molecule has 1 heterocycles. The van der Waals surface area contributed by atoms with Crippen molar-refractivity contribution in [1.29, 1.82) is 10.5 Å². The molecule has 0 radical (unpaired) electrons. The fraction of sp³-hybridized carbons (Fsp3) is 0. The van der Waals surface area contributed by atoms with Gasteiger partial charge in [0.1, 0.15) is 6.07 Å². The van der Waals surface area contributed by atoms with E-state index in [1.54, 1.807) is 0 Å². The number of thiophene rings is 1. The second-order valence-corrected chi connectivity index (χ2v) is 11.0. The number of benzene rings is 6. The summed E-state index contributed by atoms with van der Waals surface area (Å²) in [6.07, 6.45) is 0. The van der Waals surface area contributed by atoms with Crippen molar-refractivity contribution in [3.05, 3.63) is 145 Å². The van der Waals surface area contributed by atoms with Crippen molar-refractivity contribution in [2.75, 3.05) is 0 Å². The topological polar surface area (TPSA) is 47.6 Å². The molecule has 0 aliphatic carbocycles. The van der Waals surface area contributed by atoms with Gasteiger partial charge in [0, 0.05) is 31.3 Å². The fourth-order valence-electron chi connectivity index (χ4n) is 5.59. The van der Waals surface area contributed by atoms with Crippen LogP contribution in [0, 0.1) is 22.7 Å². The maximum absolute atomic E-state index is 10.3. The summed E-state index contributed by atoms with van der Waals surface area (Å²) in [4.78, 5) is 0. The Bertz CT molecular complexity index is 2170. The molecule has 41 heavy (non-hydrogen) atoms. The van der Waals surface area contributed by atoms with Crippen LogP contribution in [-0.4, -0.2) is 0 Å². The standard InChI is InChI=1S/C38H22N2S/c39-23-30-7-1-2-10-31(30)25-15-17-26(18-16-25)32-12-6-13-33(36(32)24-40)29-9-5-8-27(21-29)28-19-20-35-34-11-3-4-14-37(34)41-38(35)22-28/h1-22H. The third-order valence-electron chi connectivity index (χ3n) is 7.62. The van der Waals surface area contributed by atoms with E-state index in [9.17, 15) is 10.5 Å². The van der Waals surface area contributed by atoms with Gasteiger partial charge in [0.15, 0.2) is 0 Å². The van der Waals surface area contributed by atoms with E-state index in [-0.39, 0.29) is 0 Å². The minimum absolute atomic E-state index is 0.645. The molecule has 0 aliphatic heterocycles. The van der Waals surface area contributed by atoms with Gasteiger partial charge < -0.3 is 0 Å². The lowest BCUT2D eigenvalue weighted by molar-refractivity contribution is 1.46. The highest BCUT2D eigenvalue weighted by Gasteiger charge is 2.14. The predicted molar refractivity (Wildman–Crippen MR) is 171 cm³/mol. The van der Waals surface area contributed by atoms with Crippen LogP contribution in [0.2, 0.25) is 0 Å². The summed E-state index contributed by atoms with van der Waals surface area (Å²) in [5, 5.41) is 22.4. The highest BCUT2D eigenvalue weighted by Crippen LogP contribution is 2.38. The average Bonchev–Trinajstić information content (AvgIpc) is 3.42. The Labute approximate surface area is 242 Å². The molecule has 7 rings (SSSR count). The van der Waals surface area contributed by atoms with Gasteiger partial charge in [-0.2, -0.15) is 10.5 Å². The van der Waals surface area contributed by atoms with Gasteiger partial charge >= 0.3 is 0 Å². The number of nitrogens with zero attached hydrogens (tertiary/aromatic N) is 2. The third kappa shape index (κ3) is 4.36. The van der Waals surface area contributed by atoms with Crippen LogP contribution in [0.5, 0.6) is 0 Å². The Hall–Kier alpha value is -5.48. The number of hydrogen-bond donors (Lipinski definition) is 0. The molecule has 190 valence electrons. The van der Waals surface area contributed by atoms with Gasteiger partial charge in [-0.1, -0.05) is 109 Å². The number of rotatable bonds is 4. The summed E-state index contributed by atoms with van der Waals surface area (Å²) >= 11 is 1.82. The first kappa shape index (κ1) is 24.6. The summed E-state index contributed by atoms with van der Waals surface area (Å²) in [5.74, 6) is 0. The third-order valence-corrected chi connectivity index (χ3v) is 8.75. The Kier molecular flexibility index (Phi) is 6.14. The molecule has 0 amide bonds. The maximum Gasteiger partial charge on any atom is 0.100 e. The monoisotopic (exact) mass is 538 g/mol. The van der Waals surface area contributed by atoms with Crippen LogP contribution < -0.4 is 0 Å². The predicted octanol–water partition coefficient (Wildman–Crippen LogP) is 10.5. The van der Waals surface area contributed by atoms with E-state index in [1.165, 1.54) is 20.2 Å². The van der Waals surface area contributed by atoms with Gasteiger partial charge in [0.2, 0.25) is 0 Å². The quantitative estimate of drug-likeness (QED) is 0.224. The minimum atomic E-state index is 0.645. The van der Waals surface area contributed by atoms with Crippen molar-refractivity contribution in [2.45, 2.75) is 0 Å². The van der Waals surface area contributed by atoms with E-state index in [2.05, 4.69) is 78.9 Å². The van der Waals surface area contributed by atoms with Gasteiger partial charge in [-0.3, -0.25) is 0 Å². The Morgan fingerprint density at radius 2 is 1.00 bits per heavy atom. The van der Waals surface area contributed by atoms with E-state index in [0.29, 0.717) is 11.1 Å². The summed E-state index contributed by atoms with van der Waals surface area (Å²) in [6, 6.07) is 50.1. The van der Waals surface area contributed by atoms with E-state index >= 15 is 0 Å². The van der Waals surface area contributed by atoms with E-state index in [0.717, 1.165) is 44.5 Å². The summed E-state index contributed by atoms with van der Waals surface area (Å²) in [7, 11) is 0. The van der Waals surface area contributed by atoms with E-state index in [1.807, 2.05) is 78.1 Å². The van der Waals surface area contributed by atoms with Crippen molar-refractivity contribution in [3.63, 3.8) is 0 Å². The van der Waals surface area contributed by atoms with Crippen LogP contribution in [-0.2, 0) is 0 Å². The lowest BCUT2D eigenvalue weighted by Gasteiger charge is -2.12. The van der Waals surface area contributed by atoms with Gasteiger partial charge in [0.25, 0.3) is 0 Å². The number of hydrogen-bond acceptors (Lipinski definition) is 3. The molecule has 0 fully saturated rings. The fourth-order valence-corrected chi connectivity index (χ4v) is 6.73. The summed E-state index contributed by atoms with van der Waals surface area (Å²) < 4.78 is 2.57. The second kappa shape index (κ2) is 10.2. The van der Waals surface area contributed by atoms with Crippen LogP contribution in [0.1, 0.15) is 11.1 Å². The molecule has 1 aromatic heterocycles. The Morgan fingerprint density at radius 3 is 1.80 bits per heavy atom. The molecule has 3 heteroatoms. The van der Waals surface area contributed by atoms with Crippen LogP contribution in [0.3, 0.4) is 0 Å². The normalized spacial score (nSPS) is 10.9. The Morgan fingerprint density at radius 1 is 0.415 bits per heavy atom. The van der Waals surface area contributed by atoms with Crippen LogP contribution in [0.15, 0.2) is 133 Å². The molecule has 0 atom stereocenters. The van der Waals surface area contributed by atoms with E-state index < -0.39 is 0 Å². The van der Waals surface area contributed by atoms with Gasteiger partial charge in [-0.25, -0.2) is 0 Å². The molecule has 0 aliphatic rings. The van der Waals surface area contributed by atoms with Gasteiger partial charge in [0.05, 0.1) is 17.2 Å². The van der Waals surface area contributed by atoms with Crippen molar-refractivity contribution in [3.8, 4) is 56.6 Å². The smallest absolute Gasteiger partial charge is 0.100 e. The molecule has 7 aromatic rings. The van der Waals surface area contributed by atoms with Crippen LogP contribution >= 0.6 is 11.3 Å². The molecule has 0 bridgehead atoms. The van der Waals surface area contributed by atoms with Crippen molar-refractivity contribution >= 4 is 31.5 Å². The molecular formula is C38H22N2S. The SMILES string of the molecule is N#Cc1ccccc1-c1ccc(-c2cccc(-c3cccc(-c4ccc5c(c4)sc4ccccc45)c3)c2C#N)cc1. The van der Waals surface area contributed by atoms with Crippen molar-refractivity contribution < 1.29 is 0 Å². The van der Waals surface area contributed by atoms with Crippen LogP contribution in [0.25, 0.3) is 64.7 Å². The maximum atomic E-state index is 10.3. The largest absolute Gasteiger partial charge is 0.192 e. The average molecular weight is 539 g/mol. The molecule has 2 nitrogen and oxygen atoms in total. The zero-order chi connectivity index (χ0) is 27.8. The first-order valence-electron chi connectivity index (χ1n) is 13.4. The molecule has 0 saturated heterocycles. The first-order valence-corrected chi connectivity index (χ1v) is 14.2. The minimum Gasteiger partial charge on any atom is -0.192 e. The zero-order valence-corrected chi connectivity index (χ0v) is 22.8. The second-order valence-electron chi connectivity index (χ2n) is 9.96. The Balaban J connectivity index is 1.27. The lowest BCUT2D eigenvalue weighted by atomic mass is 9.90. The van der Waals surface area contributed by atoms with Crippen LogP contribution in [0.4, 0.5) is 0 Å². The van der Waals surface area contributed by atoms with Gasteiger partial charge in [-0.05, 0) is 57.6 Å². The highest BCUT2D eigenvalue weighted by molar-refractivity contribution is 7.25. The van der Waals surface area contributed by atoms with E-state index in [4.69, 9.17) is 0 Å². The molecule has 0 spiro atoms. The first-order chi connectivity index (χ1) is 20.2. The van der Waals surface area contributed by atoms with Gasteiger partial charge in [-0.15, -0.1) is 11.3 Å². The van der Waals surface area contributed by atoms with Crippen molar-refractivity contribution in [2.24, 2.45) is 0 Å². The lowest BCUT2D eigenvalue weighted by Crippen LogP contribution is -1.91. The summed E-state index contributed by atoms with van der Waals surface area (Å²) in [5.41, 5.74) is 9.23. The number of nitriles is 2. The number of fused-ring (bicyclic) bond motifs is 3.